The van der Waals surface area contributed by atoms with Gasteiger partial charge in [0.2, 0.25) is 0 Å². The van der Waals surface area contributed by atoms with Gasteiger partial charge in [-0.3, -0.25) is 0 Å². The van der Waals surface area contributed by atoms with Crippen LogP contribution in [0.1, 0.15) is 70.8 Å². The zero-order valence-electron chi connectivity index (χ0n) is 28.2. The standard InChI is InChI=1S/C36H48B3N3O6/c1-4-31-34(22-40-19-25-10-7-13-28(16-25)37(43)44)32(5-2)36(24-42-21-27-12-9-15-30(18-27)39(47)48)33(6-3)35(31)23-41-20-26-11-8-14-29(17-26)38(45)46/h7-18,40-48H,4-6,19-24H2,1-3H3. The van der Waals surface area contributed by atoms with Gasteiger partial charge in [0, 0.05) is 39.3 Å². The number of benzene rings is 4. The largest absolute Gasteiger partial charge is 0.488 e. The van der Waals surface area contributed by atoms with Gasteiger partial charge in [-0.25, -0.2) is 0 Å². The average Bonchev–Trinajstić information content (AvgIpc) is 3.08. The Hall–Kier alpha value is -3.29. The fraction of sp³-hybridized carbons (Fsp3) is 0.333. The van der Waals surface area contributed by atoms with Crippen molar-refractivity contribution < 1.29 is 30.1 Å². The van der Waals surface area contributed by atoms with Crippen molar-refractivity contribution in [1.29, 1.82) is 0 Å². The fourth-order valence-electron chi connectivity index (χ4n) is 6.60. The highest BCUT2D eigenvalue weighted by atomic mass is 16.4. The molecule has 0 bridgehead atoms. The SMILES string of the molecule is CCc1c(CNCc2cccc(B(O)O)c2)c(CC)c(CNCc2cccc(B(O)O)c2)c(CC)c1CNCc1cccc(B(O)O)c1. The van der Waals surface area contributed by atoms with Crippen molar-refractivity contribution in [3.05, 3.63) is 123 Å². The first kappa shape index (κ1) is 37.5. The highest BCUT2D eigenvalue weighted by Crippen LogP contribution is 2.31. The topological polar surface area (TPSA) is 157 Å². The predicted molar refractivity (Wildman–Crippen MR) is 195 cm³/mol. The lowest BCUT2D eigenvalue weighted by Gasteiger charge is -2.27. The smallest absolute Gasteiger partial charge is 0.423 e. The Morgan fingerprint density at radius 3 is 0.896 bits per heavy atom. The zero-order chi connectivity index (χ0) is 34.6. The van der Waals surface area contributed by atoms with Crippen LogP contribution in [0.5, 0.6) is 0 Å². The molecule has 9 nitrogen and oxygen atoms in total. The summed E-state index contributed by atoms with van der Waals surface area (Å²) in [6.45, 7) is 10.2. The lowest BCUT2D eigenvalue weighted by atomic mass is 9.79. The third-order valence-corrected chi connectivity index (χ3v) is 8.89. The van der Waals surface area contributed by atoms with Crippen molar-refractivity contribution in [2.24, 2.45) is 0 Å². The lowest BCUT2D eigenvalue weighted by molar-refractivity contribution is 0.424. The van der Waals surface area contributed by atoms with E-state index in [0.29, 0.717) is 55.7 Å². The molecular formula is C36H48B3N3O6. The van der Waals surface area contributed by atoms with Crippen molar-refractivity contribution in [2.45, 2.75) is 79.3 Å². The highest BCUT2D eigenvalue weighted by Gasteiger charge is 2.22. The quantitative estimate of drug-likeness (QED) is 0.0691. The minimum absolute atomic E-state index is 0.463. The van der Waals surface area contributed by atoms with Crippen molar-refractivity contribution >= 4 is 37.7 Å². The molecular weight excluding hydrogens is 603 g/mol. The number of hydrogen-bond donors (Lipinski definition) is 9. The van der Waals surface area contributed by atoms with Crippen LogP contribution in [0, 0.1) is 0 Å². The molecule has 0 aliphatic carbocycles. The van der Waals surface area contributed by atoms with Crippen LogP contribution >= 0.6 is 0 Å². The molecule has 12 heteroatoms. The Morgan fingerprint density at radius 2 is 0.667 bits per heavy atom. The average molecular weight is 651 g/mol. The Kier molecular flexibility index (Phi) is 14.4. The first-order chi connectivity index (χ1) is 23.2. The summed E-state index contributed by atoms with van der Waals surface area (Å²) in [5, 5.41) is 68.7. The van der Waals surface area contributed by atoms with Gasteiger partial charge in [-0.05, 0) is 85.7 Å². The predicted octanol–water partition coefficient (Wildman–Crippen LogP) is 0.283. The maximum Gasteiger partial charge on any atom is 0.488 e. The van der Waals surface area contributed by atoms with Crippen LogP contribution in [-0.2, 0) is 58.5 Å². The summed E-state index contributed by atoms with van der Waals surface area (Å²) in [5.41, 5.74) is 12.1. The summed E-state index contributed by atoms with van der Waals surface area (Å²) < 4.78 is 0. The van der Waals surface area contributed by atoms with E-state index in [4.69, 9.17) is 0 Å². The maximum atomic E-state index is 9.64. The van der Waals surface area contributed by atoms with Crippen LogP contribution < -0.4 is 32.3 Å². The summed E-state index contributed by atoms with van der Waals surface area (Å²) in [6.07, 6.45) is 2.57. The second-order valence-corrected chi connectivity index (χ2v) is 12.1. The Morgan fingerprint density at radius 1 is 0.396 bits per heavy atom. The van der Waals surface area contributed by atoms with E-state index in [2.05, 4.69) is 36.7 Å². The normalized spacial score (nSPS) is 11.2. The molecule has 0 fully saturated rings. The molecule has 0 aliphatic heterocycles. The molecule has 4 rings (SSSR count). The maximum absolute atomic E-state index is 9.64. The van der Waals surface area contributed by atoms with E-state index < -0.39 is 21.4 Å². The van der Waals surface area contributed by atoms with Crippen molar-refractivity contribution in [1.82, 2.24) is 16.0 Å². The van der Waals surface area contributed by atoms with E-state index in [1.807, 2.05) is 36.4 Å². The van der Waals surface area contributed by atoms with Crippen molar-refractivity contribution in [3.63, 3.8) is 0 Å². The summed E-state index contributed by atoms with van der Waals surface area (Å²) in [5.74, 6) is 0. The monoisotopic (exact) mass is 651 g/mol. The van der Waals surface area contributed by atoms with Gasteiger partial charge in [-0.1, -0.05) is 93.6 Å². The molecule has 9 N–H and O–H groups in total. The molecule has 0 unspecified atom stereocenters. The van der Waals surface area contributed by atoms with Crippen molar-refractivity contribution in [2.75, 3.05) is 0 Å². The highest BCUT2D eigenvalue weighted by molar-refractivity contribution is 6.59. The summed E-state index contributed by atoms with van der Waals surface area (Å²) >= 11 is 0. The molecule has 0 saturated heterocycles. The van der Waals surface area contributed by atoms with E-state index in [1.165, 1.54) is 33.4 Å². The number of nitrogens with one attached hydrogen (secondary N) is 3. The second-order valence-electron chi connectivity index (χ2n) is 12.1. The van der Waals surface area contributed by atoms with E-state index >= 15 is 0 Å². The summed E-state index contributed by atoms with van der Waals surface area (Å²) in [4.78, 5) is 0. The lowest BCUT2D eigenvalue weighted by Crippen LogP contribution is -2.30. The first-order valence-electron chi connectivity index (χ1n) is 16.8. The van der Waals surface area contributed by atoms with Gasteiger partial charge in [-0.15, -0.1) is 0 Å². The molecule has 0 saturated carbocycles. The number of hydrogen-bond acceptors (Lipinski definition) is 9. The molecule has 0 aliphatic rings. The first-order valence-corrected chi connectivity index (χ1v) is 16.8. The Labute approximate surface area is 285 Å². The van der Waals surface area contributed by atoms with E-state index in [0.717, 1.165) is 36.0 Å². The van der Waals surface area contributed by atoms with Crippen molar-refractivity contribution in [3.8, 4) is 0 Å². The van der Waals surface area contributed by atoms with Crippen LogP contribution in [0.15, 0.2) is 72.8 Å². The third-order valence-electron chi connectivity index (χ3n) is 8.89. The van der Waals surface area contributed by atoms with Crippen LogP contribution in [0.25, 0.3) is 0 Å². The number of rotatable bonds is 18. The molecule has 0 heterocycles. The molecule has 0 aromatic heterocycles. The molecule has 4 aromatic carbocycles. The van der Waals surface area contributed by atoms with Gasteiger partial charge in [0.05, 0.1) is 0 Å². The Bertz CT molecular complexity index is 1430. The van der Waals surface area contributed by atoms with Gasteiger partial charge >= 0.3 is 21.4 Å². The van der Waals surface area contributed by atoms with Gasteiger partial charge < -0.3 is 46.1 Å². The minimum atomic E-state index is -1.51. The molecule has 0 atom stereocenters. The van der Waals surface area contributed by atoms with Crippen LogP contribution in [0.3, 0.4) is 0 Å². The van der Waals surface area contributed by atoms with Gasteiger partial charge in [0.1, 0.15) is 0 Å². The Balaban J connectivity index is 1.65. The minimum Gasteiger partial charge on any atom is -0.423 e. The molecule has 0 radical (unpaired) electrons. The zero-order valence-corrected chi connectivity index (χ0v) is 28.2. The fourth-order valence-corrected chi connectivity index (χ4v) is 6.60. The van der Waals surface area contributed by atoms with E-state index in [-0.39, 0.29) is 0 Å². The second kappa shape index (κ2) is 18.5. The molecule has 0 amide bonds. The molecule has 0 spiro atoms. The van der Waals surface area contributed by atoms with Crippen LogP contribution in [0.4, 0.5) is 0 Å². The molecule has 252 valence electrons. The van der Waals surface area contributed by atoms with E-state index in [1.54, 1.807) is 36.4 Å². The van der Waals surface area contributed by atoms with E-state index in [9.17, 15) is 30.1 Å². The molecule has 4 aromatic rings. The summed E-state index contributed by atoms with van der Waals surface area (Å²) in [6, 6.07) is 21.9. The van der Waals surface area contributed by atoms with Gasteiger partial charge in [-0.2, -0.15) is 0 Å². The summed E-state index contributed by atoms with van der Waals surface area (Å²) in [7, 11) is -4.53. The molecule has 48 heavy (non-hydrogen) atoms. The van der Waals surface area contributed by atoms with Crippen LogP contribution in [-0.4, -0.2) is 51.5 Å². The van der Waals surface area contributed by atoms with Gasteiger partial charge in [0.15, 0.2) is 0 Å². The van der Waals surface area contributed by atoms with Crippen LogP contribution in [0.2, 0.25) is 0 Å². The van der Waals surface area contributed by atoms with Gasteiger partial charge in [0.25, 0.3) is 0 Å². The third kappa shape index (κ3) is 9.88.